The van der Waals surface area contributed by atoms with Crippen molar-refractivity contribution in [1.29, 1.82) is 0 Å². The molecule has 2 aromatic carbocycles. The van der Waals surface area contributed by atoms with Crippen LogP contribution in [0.5, 0.6) is 0 Å². The number of nitrogens with zero attached hydrogens (tertiary/aromatic N) is 1. The molecule has 0 aromatic heterocycles. The van der Waals surface area contributed by atoms with Crippen LogP contribution in [-0.2, 0) is 14.4 Å². The van der Waals surface area contributed by atoms with Crippen LogP contribution in [0.1, 0.15) is 49.8 Å². The third kappa shape index (κ3) is 4.53. The Balaban J connectivity index is 1.53. The maximum absolute atomic E-state index is 13.4. The first-order chi connectivity index (χ1) is 15.5. The van der Waals surface area contributed by atoms with Gasteiger partial charge in [-0.25, -0.2) is 0 Å². The van der Waals surface area contributed by atoms with Crippen molar-refractivity contribution >= 4 is 17.7 Å². The minimum atomic E-state index is -0.685. The molecule has 2 aliphatic rings. The highest BCUT2D eigenvalue weighted by Gasteiger charge is 2.46. The van der Waals surface area contributed by atoms with E-state index >= 15 is 0 Å². The monoisotopic (exact) mass is 434 g/mol. The summed E-state index contributed by atoms with van der Waals surface area (Å²) < 4.78 is 0. The molecule has 2 fully saturated rings. The van der Waals surface area contributed by atoms with Crippen LogP contribution in [0.4, 0.5) is 0 Å². The Kier molecular flexibility index (Phi) is 6.55. The molecule has 7 heteroatoms. The Hall–Kier alpha value is -3.19. The first-order valence-electron chi connectivity index (χ1n) is 11.2. The van der Waals surface area contributed by atoms with E-state index in [0.29, 0.717) is 12.8 Å². The number of carbonyl (C=O) groups is 3. The molecule has 0 bridgehead atoms. The van der Waals surface area contributed by atoms with Crippen molar-refractivity contribution in [3.63, 3.8) is 0 Å². The number of nitrogens with one attached hydrogen (secondary N) is 2. The molecule has 0 saturated carbocycles. The zero-order valence-corrected chi connectivity index (χ0v) is 18.2. The molecule has 4 unspecified atom stereocenters. The molecule has 2 saturated heterocycles. The lowest BCUT2D eigenvalue weighted by Gasteiger charge is -2.38. The lowest BCUT2D eigenvalue weighted by atomic mass is 9.97. The Morgan fingerprint density at radius 1 is 0.938 bits per heavy atom. The fourth-order valence-corrected chi connectivity index (χ4v) is 4.75. The van der Waals surface area contributed by atoms with E-state index in [1.54, 1.807) is 11.8 Å². The van der Waals surface area contributed by atoms with Crippen LogP contribution in [-0.4, -0.2) is 46.8 Å². The van der Waals surface area contributed by atoms with Crippen molar-refractivity contribution in [1.82, 2.24) is 15.5 Å². The maximum Gasteiger partial charge on any atom is 0.246 e. The zero-order chi connectivity index (χ0) is 22.7. The van der Waals surface area contributed by atoms with Crippen LogP contribution in [0.25, 0.3) is 0 Å². The van der Waals surface area contributed by atoms with Gasteiger partial charge in [0.1, 0.15) is 12.1 Å². The van der Waals surface area contributed by atoms with Gasteiger partial charge in [-0.15, -0.1) is 0 Å². The number of rotatable bonds is 6. The molecule has 168 valence electrons. The first-order valence-corrected chi connectivity index (χ1v) is 11.2. The van der Waals surface area contributed by atoms with Crippen LogP contribution in [0.15, 0.2) is 60.7 Å². The number of fused-ring (bicyclic) bond motifs is 1. The molecular formula is C25H30N4O3. The normalized spacial score (nSPS) is 23.5. The molecule has 32 heavy (non-hydrogen) atoms. The van der Waals surface area contributed by atoms with Crippen molar-refractivity contribution in [2.75, 3.05) is 0 Å². The van der Waals surface area contributed by atoms with Crippen LogP contribution in [0.2, 0.25) is 0 Å². The minimum Gasteiger partial charge on any atom is -0.343 e. The van der Waals surface area contributed by atoms with Gasteiger partial charge >= 0.3 is 0 Å². The molecule has 2 aliphatic heterocycles. The van der Waals surface area contributed by atoms with Gasteiger partial charge < -0.3 is 21.3 Å². The highest BCUT2D eigenvalue weighted by atomic mass is 16.2. The van der Waals surface area contributed by atoms with Crippen LogP contribution < -0.4 is 16.4 Å². The Bertz CT molecular complexity index is 924. The fourth-order valence-electron chi connectivity index (χ4n) is 4.75. The van der Waals surface area contributed by atoms with Gasteiger partial charge in [-0.1, -0.05) is 60.7 Å². The highest BCUT2D eigenvalue weighted by molar-refractivity contribution is 5.94. The molecule has 4 atom stereocenters. The van der Waals surface area contributed by atoms with E-state index in [9.17, 15) is 14.4 Å². The molecule has 0 aliphatic carbocycles. The number of carbonyl (C=O) groups excluding carboxylic acids is 3. The van der Waals surface area contributed by atoms with Crippen molar-refractivity contribution < 1.29 is 14.4 Å². The van der Waals surface area contributed by atoms with E-state index in [2.05, 4.69) is 10.6 Å². The largest absolute Gasteiger partial charge is 0.343 e. The Morgan fingerprint density at radius 3 is 2.06 bits per heavy atom. The standard InChI is InChI=1S/C25H30N4O3/c1-16(26)23(30)27-20-14-12-19-13-15-21(29(19)25(20)32)24(31)28-22(17-8-4-2-5-9-17)18-10-6-3-7-11-18/h2-11,16,19-22H,12-15,26H2,1H3,(H,27,30)(H,28,31). The quantitative estimate of drug-likeness (QED) is 0.646. The maximum atomic E-state index is 13.4. The second kappa shape index (κ2) is 9.53. The van der Waals surface area contributed by atoms with Gasteiger partial charge in [-0.2, -0.15) is 0 Å². The summed E-state index contributed by atoms with van der Waals surface area (Å²) in [5, 5.41) is 5.92. The molecule has 0 radical (unpaired) electrons. The van der Waals surface area contributed by atoms with Crippen molar-refractivity contribution in [3.05, 3.63) is 71.8 Å². The predicted molar refractivity (Wildman–Crippen MR) is 121 cm³/mol. The van der Waals surface area contributed by atoms with E-state index in [0.717, 1.165) is 24.0 Å². The summed E-state index contributed by atoms with van der Waals surface area (Å²) in [4.78, 5) is 40.4. The van der Waals surface area contributed by atoms with Crippen LogP contribution in [0, 0.1) is 0 Å². The summed E-state index contributed by atoms with van der Waals surface area (Å²) in [6.45, 7) is 1.59. The fraction of sp³-hybridized carbons (Fsp3) is 0.400. The van der Waals surface area contributed by atoms with E-state index in [-0.39, 0.29) is 29.8 Å². The number of amides is 3. The summed E-state index contributed by atoms with van der Waals surface area (Å²) in [5.74, 6) is -0.711. The van der Waals surface area contributed by atoms with Gasteiger partial charge in [-0.05, 0) is 43.7 Å². The van der Waals surface area contributed by atoms with E-state index < -0.39 is 18.1 Å². The summed E-state index contributed by atoms with van der Waals surface area (Å²) in [5.41, 5.74) is 7.61. The molecular weight excluding hydrogens is 404 g/mol. The summed E-state index contributed by atoms with van der Waals surface area (Å²) in [6, 6.07) is 17.5. The first kappa shape index (κ1) is 22.0. The SMILES string of the molecule is CC(N)C(=O)NC1CCC2CCC(C(=O)NC(c3ccccc3)c3ccccc3)N2C1=O. The van der Waals surface area contributed by atoms with Crippen molar-refractivity contribution in [3.8, 4) is 0 Å². The average Bonchev–Trinajstić information content (AvgIpc) is 3.25. The number of piperidine rings is 1. The van der Waals surface area contributed by atoms with Gasteiger partial charge in [-0.3, -0.25) is 14.4 Å². The summed E-state index contributed by atoms with van der Waals surface area (Å²) in [6.07, 6.45) is 2.75. The van der Waals surface area contributed by atoms with E-state index in [1.165, 1.54) is 0 Å². The van der Waals surface area contributed by atoms with E-state index in [1.807, 2.05) is 60.7 Å². The lowest BCUT2D eigenvalue weighted by Crippen LogP contribution is -2.60. The Morgan fingerprint density at radius 2 is 1.50 bits per heavy atom. The molecule has 2 aromatic rings. The third-order valence-electron chi connectivity index (χ3n) is 6.43. The minimum absolute atomic E-state index is 0.0357. The highest BCUT2D eigenvalue weighted by Crippen LogP contribution is 2.33. The number of benzene rings is 2. The summed E-state index contributed by atoms with van der Waals surface area (Å²) >= 11 is 0. The smallest absolute Gasteiger partial charge is 0.246 e. The van der Waals surface area contributed by atoms with Gasteiger partial charge in [0.2, 0.25) is 17.7 Å². The van der Waals surface area contributed by atoms with Crippen LogP contribution >= 0.6 is 0 Å². The Labute approximate surface area is 188 Å². The molecule has 7 nitrogen and oxygen atoms in total. The number of nitrogens with two attached hydrogens (primary N) is 1. The molecule has 2 heterocycles. The molecule has 4 N–H and O–H groups in total. The van der Waals surface area contributed by atoms with E-state index in [4.69, 9.17) is 5.73 Å². The average molecular weight is 435 g/mol. The van der Waals surface area contributed by atoms with Gasteiger partial charge in [0.15, 0.2) is 0 Å². The van der Waals surface area contributed by atoms with Crippen LogP contribution in [0.3, 0.4) is 0 Å². The van der Waals surface area contributed by atoms with Gasteiger partial charge in [0.05, 0.1) is 12.1 Å². The lowest BCUT2D eigenvalue weighted by molar-refractivity contribution is -0.146. The zero-order valence-electron chi connectivity index (χ0n) is 18.2. The summed E-state index contributed by atoms with van der Waals surface area (Å²) in [7, 11) is 0. The number of hydrogen-bond acceptors (Lipinski definition) is 4. The predicted octanol–water partition coefficient (Wildman–Crippen LogP) is 1.88. The van der Waals surface area contributed by atoms with Crippen molar-refractivity contribution in [2.24, 2.45) is 5.73 Å². The number of hydrogen-bond donors (Lipinski definition) is 3. The molecule has 4 rings (SSSR count). The second-order valence-corrected chi connectivity index (χ2v) is 8.68. The van der Waals surface area contributed by atoms with Gasteiger partial charge in [0.25, 0.3) is 0 Å². The molecule has 3 amide bonds. The van der Waals surface area contributed by atoms with Crippen molar-refractivity contribution in [2.45, 2.75) is 62.8 Å². The third-order valence-corrected chi connectivity index (χ3v) is 6.43. The second-order valence-electron chi connectivity index (χ2n) is 8.68. The van der Waals surface area contributed by atoms with Gasteiger partial charge in [0, 0.05) is 6.04 Å². The topological polar surface area (TPSA) is 105 Å². The molecule has 0 spiro atoms.